The number of nitrogens with zero attached hydrogens (tertiary/aromatic N) is 2. The quantitative estimate of drug-likeness (QED) is 0.579. The molecule has 2 heterocycles. The maximum Gasteiger partial charge on any atom is 0.251 e. The molecule has 0 aliphatic rings. The topological polar surface area (TPSA) is 80.9 Å². The molecular weight excluding hydrogens is 344 g/mol. The smallest absolute Gasteiger partial charge is 0.251 e. The maximum absolute atomic E-state index is 12.4. The number of fused-ring (bicyclic) bond motifs is 1. The van der Waals surface area contributed by atoms with Gasteiger partial charge in [0.05, 0.1) is 0 Å². The standard InChI is InChI=1S/C20H16N4OS/c21-20-23-10-18(11-24-20)16-2-1-15-8-17(4-3-14(15)7-16)19(25)22-9-13-5-6-26-12-13/h1-8,10-12H,9H2,(H,22,25)(H2,21,23,24). The van der Waals surface area contributed by atoms with Crippen LogP contribution in [-0.4, -0.2) is 15.9 Å². The number of nitrogen functional groups attached to an aromatic ring is 1. The predicted octanol–water partition coefficient (Wildman–Crippen LogP) is 3.87. The summed E-state index contributed by atoms with van der Waals surface area (Å²) in [6.07, 6.45) is 3.41. The Balaban J connectivity index is 1.56. The van der Waals surface area contributed by atoms with Crippen molar-refractivity contribution in [2.45, 2.75) is 6.54 Å². The number of hydrogen-bond acceptors (Lipinski definition) is 5. The van der Waals surface area contributed by atoms with E-state index >= 15 is 0 Å². The SMILES string of the molecule is Nc1ncc(-c2ccc3cc(C(=O)NCc4ccsc4)ccc3c2)cn1. The molecule has 26 heavy (non-hydrogen) atoms. The molecule has 2 aromatic carbocycles. The summed E-state index contributed by atoms with van der Waals surface area (Å²) in [7, 11) is 0. The van der Waals surface area contributed by atoms with E-state index in [2.05, 4.69) is 21.4 Å². The van der Waals surface area contributed by atoms with E-state index in [1.807, 2.05) is 47.2 Å². The van der Waals surface area contributed by atoms with Crippen LogP contribution in [0.4, 0.5) is 5.95 Å². The summed E-state index contributed by atoms with van der Waals surface area (Å²) >= 11 is 1.62. The zero-order valence-electron chi connectivity index (χ0n) is 13.8. The summed E-state index contributed by atoms with van der Waals surface area (Å²) in [4.78, 5) is 20.4. The first-order valence-corrected chi connectivity index (χ1v) is 9.04. The van der Waals surface area contributed by atoms with Crippen LogP contribution in [0.25, 0.3) is 21.9 Å². The molecule has 2 aromatic heterocycles. The lowest BCUT2D eigenvalue weighted by atomic mass is 10.0. The van der Waals surface area contributed by atoms with Gasteiger partial charge in [0.15, 0.2) is 0 Å². The minimum Gasteiger partial charge on any atom is -0.368 e. The molecule has 0 fully saturated rings. The van der Waals surface area contributed by atoms with Crippen LogP contribution in [0.2, 0.25) is 0 Å². The van der Waals surface area contributed by atoms with E-state index in [4.69, 9.17) is 5.73 Å². The van der Waals surface area contributed by atoms with E-state index < -0.39 is 0 Å². The Morgan fingerprint density at radius 1 is 1.00 bits per heavy atom. The summed E-state index contributed by atoms with van der Waals surface area (Å²) in [6.45, 7) is 0.538. The van der Waals surface area contributed by atoms with E-state index in [0.717, 1.165) is 27.5 Å². The molecule has 0 aliphatic carbocycles. The maximum atomic E-state index is 12.4. The number of nitrogens with one attached hydrogen (secondary N) is 1. The van der Waals surface area contributed by atoms with Gasteiger partial charge in [-0.25, -0.2) is 9.97 Å². The average molecular weight is 360 g/mol. The summed E-state index contributed by atoms with van der Waals surface area (Å²) in [5.41, 5.74) is 9.20. The molecule has 1 amide bonds. The van der Waals surface area contributed by atoms with Crippen LogP contribution in [0.1, 0.15) is 15.9 Å². The predicted molar refractivity (Wildman–Crippen MR) is 105 cm³/mol. The first-order chi connectivity index (χ1) is 12.7. The van der Waals surface area contributed by atoms with Crippen molar-refractivity contribution in [1.29, 1.82) is 0 Å². The number of anilines is 1. The first-order valence-electron chi connectivity index (χ1n) is 8.10. The number of benzene rings is 2. The largest absolute Gasteiger partial charge is 0.368 e. The van der Waals surface area contributed by atoms with Crippen molar-refractivity contribution < 1.29 is 4.79 Å². The minimum absolute atomic E-state index is 0.0749. The number of nitrogens with two attached hydrogens (primary N) is 1. The first kappa shape index (κ1) is 16.2. The van der Waals surface area contributed by atoms with Crippen LogP contribution in [0.15, 0.2) is 65.6 Å². The monoisotopic (exact) mass is 360 g/mol. The second-order valence-electron chi connectivity index (χ2n) is 5.92. The number of rotatable bonds is 4. The zero-order valence-corrected chi connectivity index (χ0v) is 14.7. The molecule has 0 saturated carbocycles. The Morgan fingerprint density at radius 2 is 1.77 bits per heavy atom. The third-order valence-electron chi connectivity index (χ3n) is 4.14. The summed E-state index contributed by atoms with van der Waals surface area (Å²) < 4.78 is 0. The van der Waals surface area contributed by atoms with E-state index in [1.54, 1.807) is 23.7 Å². The van der Waals surface area contributed by atoms with Gasteiger partial charge in [0.1, 0.15) is 0 Å². The molecule has 0 unspecified atom stereocenters. The van der Waals surface area contributed by atoms with Crippen molar-refractivity contribution in [3.8, 4) is 11.1 Å². The highest BCUT2D eigenvalue weighted by atomic mass is 32.1. The van der Waals surface area contributed by atoms with Crippen molar-refractivity contribution in [3.63, 3.8) is 0 Å². The zero-order chi connectivity index (χ0) is 17.9. The lowest BCUT2D eigenvalue weighted by Crippen LogP contribution is -2.22. The molecule has 0 saturated heterocycles. The fraction of sp³-hybridized carbons (Fsp3) is 0.0500. The fourth-order valence-electron chi connectivity index (χ4n) is 2.73. The van der Waals surface area contributed by atoms with Gasteiger partial charge in [-0.05, 0) is 56.9 Å². The molecule has 0 bridgehead atoms. The normalized spacial score (nSPS) is 10.8. The van der Waals surface area contributed by atoms with E-state index in [1.165, 1.54) is 0 Å². The van der Waals surface area contributed by atoms with Crippen LogP contribution >= 0.6 is 11.3 Å². The van der Waals surface area contributed by atoms with Crippen LogP contribution in [-0.2, 0) is 6.54 Å². The third-order valence-corrected chi connectivity index (χ3v) is 4.87. The van der Waals surface area contributed by atoms with Crippen LogP contribution < -0.4 is 11.1 Å². The highest BCUT2D eigenvalue weighted by molar-refractivity contribution is 7.07. The lowest BCUT2D eigenvalue weighted by Gasteiger charge is -2.07. The van der Waals surface area contributed by atoms with Gasteiger partial charge in [-0.1, -0.05) is 18.2 Å². The van der Waals surface area contributed by atoms with E-state index in [-0.39, 0.29) is 11.9 Å². The van der Waals surface area contributed by atoms with Gasteiger partial charge >= 0.3 is 0 Å². The van der Waals surface area contributed by atoms with Gasteiger partial charge in [0.25, 0.3) is 5.91 Å². The third kappa shape index (κ3) is 3.41. The Labute approximate surface area is 154 Å². The second-order valence-corrected chi connectivity index (χ2v) is 6.70. The molecule has 0 radical (unpaired) electrons. The highest BCUT2D eigenvalue weighted by Crippen LogP contribution is 2.24. The van der Waals surface area contributed by atoms with E-state index in [9.17, 15) is 4.79 Å². The van der Waals surface area contributed by atoms with Gasteiger partial charge in [0, 0.05) is 30.1 Å². The van der Waals surface area contributed by atoms with Crippen molar-refractivity contribution in [1.82, 2.24) is 15.3 Å². The molecule has 0 aliphatic heterocycles. The Morgan fingerprint density at radius 3 is 2.54 bits per heavy atom. The molecule has 0 spiro atoms. The summed E-state index contributed by atoms with van der Waals surface area (Å²) in [5.74, 6) is 0.182. The van der Waals surface area contributed by atoms with Crippen molar-refractivity contribution in [2.24, 2.45) is 0 Å². The van der Waals surface area contributed by atoms with Crippen molar-refractivity contribution in [2.75, 3.05) is 5.73 Å². The van der Waals surface area contributed by atoms with E-state index in [0.29, 0.717) is 12.1 Å². The fourth-order valence-corrected chi connectivity index (χ4v) is 3.40. The Bertz CT molecular complexity index is 1060. The molecule has 0 atom stereocenters. The molecule has 6 heteroatoms. The lowest BCUT2D eigenvalue weighted by molar-refractivity contribution is 0.0951. The van der Waals surface area contributed by atoms with Crippen LogP contribution in [0.5, 0.6) is 0 Å². The second kappa shape index (κ2) is 6.93. The summed E-state index contributed by atoms with van der Waals surface area (Å²) in [6, 6.07) is 13.7. The van der Waals surface area contributed by atoms with Crippen molar-refractivity contribution >= 4 is 34.0 Å². The van der Waals surface area contributed by atoms with Gasteiger partial charge in [-0.2, -0.15) is 11.3 Å². The molecular formula is C20H16N4OS. The van der Waals surface area contributed by atoms with Gasteiger partial charge in [0.2, 0.25) is 5.95 Å². The number of amides is 1. The van der Waals surface area contributed by atoms with Crippen LogP contribution in [0.3, 0.4) is 0 Å². The Hall–Kier alpha value is -3.25. The minimum atomic E-state index is -0.0749. The van der Waals surface area contributed by atoms with Gasteiger partial charge in [-0.15, -0.1) is 0 Å². The molecule has 4 rings (SSSR count). The molecule has 4 aromatic rings. The summed E-state index contributed by atoms with van der Waals surface area (Å²) in [5, 5.41) is 9.04. The number of carbonyl (C=O) groups excluding carboxylic acids is 1. The molecule has 128 valence electrons. The molecule has 3 N–H and O–H groups in total. The molecule has 5 nitrogen and oxygen atoms in total. The number of aromatic nitrogens is 2. The number of thiophene rings is 1. The van der Waals surface area contributed by atoms with Gasteiger partial charge in [-0.3, -0.25) is 4.79 Å². The van der Waals surface area contributed by atoms with Crippen LogP contribution in [0, 0.1) is 0 Å². The Kier molecular flexibility index (Phi) is 4.33. The van der Waals surface area contributed by atoms with Crippen molar-refractivity contribution in [3.05, 3.63) is 76.7 Å². The number of hydrogen-bond donors (Lipinski definition) is 2. The van der Waals surface area contributed by atoms with Gasteiger partial charge < -0.3 is 11.1 Å². The highest BCUT2D eigenvalue weighted by Gasteiger charge is 2.08. The number of carbonyl (C=O) groups is 1. The average Bonchev–Trinajstić information content (AvgIpc) is 3.19.